The van der Waals surface area contributed by atoms with Crippen LogP contribution < -0.4 is 5.73 Å². The Bertz CT molecular complexity index is 159. The molecule has 0 aliphatic carbocycles. The second-order valence-electron chi connectivity index (χ2n) is 4.95. The normalized spacial score (nSPS) is 23.4. The third-order valence-electron chi connectivity index (χ3n) is 2.56. The molecule has 2 N–H and O–H groups in total. The molecule has 0 aromatic heterocycles. The van der Waals surface area contributed by atoms with Crippen LogP contribution in [0.2, 0.25) is 0 Å². The van der Waals surface area contributed by atoms with Gasteiger partial charge in [0.2, 0.25) is 0 Å². The lowest BCUT2D eigenvalue weighted by atomic mass is 10.1. The van der Waals surface area contributed by atoms with E-state index in [1.807, 2.05) is 0 Å². The van der Waals surface area contributed by atoms with Crippen molar-refractivity contribution in [2.24, 2.45) is 5.73 Å². The lowest BCUT2D eigenvalue weighted by Gasteiger charge is -2.30. The monoisotopic (exact) mass is 200 g/mol. The van der Waals surface area contributed by atoms with E-state index in [0.29, 0.717) is 6.10 Å². The zero-order valence-corrected chi connectivity index (χ0v) is 9.75. The average molecular weight is 200 g/mol. The van der Waals surface area contributed by atoms with Gasteiger partial charge in [-0.2, -0.15) is 0 Å². The third kappa shape index (κ3) is 4.40. The van der Waals surface area contributed by atoms with Gasteiger partial charge in [-0.25, -0.2) is 0 Å². The third-order valence-corrected chi connectivity index (χ3v) is 2.56. The van der Waals surface area contributed by atoms with Crippen LogP contribution >= 0.6 is 0 Å². The van der Waals surface area contributed by atoms with Crippen molar-refractivity contribution in [3.05, 3.63) is 0 Å². The fourth-order valence-electron chi connectivity index (χ4n) is 1.96. The van der Waals surface area contributed by atoms with Crippen molar-refractivity contribution in [3.8, 4) is 0 Å². The predicted molar refractivity (Wildman–Crippen MR) is 59.4 cm³/mol. The Morgan fingerprint density at radius 3 is 2.64 bits per heavy atom. The van der Waals surface area contributed by atoms with Crippen LogP contribution in [0.3, 0.4) is 0 Å². The second-order valence-corrected chi connectivity index (χ2v) is 4.95. The Kier molecular flexibility index (Phi) is 4.35. The smallest absolute Gasteiger partial charge is 0.0702 e. The van der Waals surface area contributed by atoms with Gasteiger partial charge in [0.25, 0.3) is 0 Å². The minimum atomic E-state index is -0.103. The summed E-state index contributed by atoms with van der Waals surface area (Å²) < 4.78 is 5.62. The molecule has 1 atom stereocenters. The summed E-state index contributed by atoms with van der Waals surface area (Å²) in [4.78, 5) is 2.38. The Hall–Kier alpha value is -0.120. The minimum absolute atomic E-state index is 0.103. The molecule has 0 bridgehead atoms. The Morgan fingerprint density at radius 1 is 1.50 bits per heavy atom. The molecule has 0 spiro atoms. The van der Waals surface area contributed by atoms with E-state index in [4.69, 9.17) is 10.5 Å². The molecule has 1 rings (SSSR count). The van der Waals surface area contributed by atoms with E-state index < -0.39 is 0 Å². The summed E-state index contributed by atoms with van der Waals surface area (Å²) in [6, 6.07) is 0. The highest BCUT2D eigenvalue weighted by Gasteiger charge is 2.21. The first-order chi connectivity index (χ1) is 6.51. The van der Waals surface area contributed by atoms with Crippen molar-refractivity contribution in [2.45, 2.75) is 45.3 Å². The number of ether oxygens (including phenoxy) is 1. The van der Waals surface area contributed by atoms with Gasteiger partial charge in [0, 0.05) is 25.2 Å². The maximum Gasteiger partial charge on any atom is 0.0702 e. The van der Waals surface area contributed by atoms with Crippen molar-refractivity contribution < 1.29 is 4.74 Å². The highest BCUT2D eigenvalue weighted by molar-refractivity contribution is 4.79. The maximum absolute atomic E-state index is 6.00. The van der Waals surface area contributed by atoms with E-state index in [1.165, 1.54) is 12.8 Å². The quantitative estimate of drug-likeness (QED) is 0.725. The van der Waals surface area contributed by atoms with E-state index in [0.717, 1.165) is 26.2 Å². The number of nitrogens with zero attached hydrogens (tertiary/aromatic N) is 1. The molecule has 0 aromatic carbocycles. The zero-order valence-electron chi connectivity index (χ0n) is 9.75. The first-order valence-electron chi connectivity index (χ1n) is 5.64. The van der Waals surface area contributed by atoms with Crippen LogP contribution in [0.5, 0.6) is 0 Å². The van der Waals surface area contributed by atoms with Crippen LogP contribution in [-0.2, 0) is 4.74 Å². The van der Waals surface area contributed by atoms with Crippen LogP contribution in [0.25, 0.3) is 0 Å². The first kappa shape index (κ1) is 12.0. The van der Waals surface area contributed by atoms with Gasteiger partial charge < -0.3 is 10.5 Å². The highest BCUT2D eigenvalue weighted by atomic mass is 16.5. The molecule has 0 radical (unpaired) electrons. The molecule has 1 fully saturated rings. The summed E-state index contributed by atoms with van der Waals surface area (Å²) in [6.45, 7) is 10.3. The summed E-state index contributed by atoms with van der Waals surface area (Å²) in [5.74, 6) is 0. The van der Waals surface area contributed by atoms with Crippen molar-refractivity contribution in [1.82, 2.24) is 4.90 Å². The Balaban J connectivity index is 2.30. The fourth-order valence-corrected chi connectivity index (χ4v) is 1.96. The molecule has 84 valence electrons. The van der Waals surface area contributed by atoms with Gasteiger partial charge >= 0.3 is 0 Å². The van der Waals surface area contributed by atoms with Gasteiger partial charge in [-0.15, -0.1) is 0 Å². The van der Waals surface area contributed by atoms with Crippen LogP contribution in [0.1, 0.15) is 33.6 Å². The van der Waals surface area contributed by atoms with Crippen LogP contribution in [0.15, 0.2) is 0 Å². The van der Waals surface area contributed by atoms with Gasteiger partial charge in [0.15, 0.2) is 0 Å². The summed E-state index contributed by atoms with van der Waals surface area (Å²) in [5.41, 5.74) is 5.90. The van der Waals surface area contributed by atoms with Crippen molar-refractivity contribution in [2.75, 3.05) is 26.2 Å². The molecular weight excluding hydrogens is 176 g/mol. The van der Waals surface area contributed by atoms with E-state index in [2.05, 4.69) is 25.7 Å². The van der Waals surface area contributed by atoms with Crippen molar-refractivity contribution >= 4 is 0 Å². The number of hydrogen-bond acceptors (Lipinski definition) is 3. The number of likely N-dealkylation sites (N-methyl/N-ethyl adjacent to an activating group) is 1. The number of nitrogens with two attached hydrogens (primary N) is 1. The average Bonchev–Trinajstić information content (AvgIpc) is 2.53. The number of rotatable bonds is 5. The topological polar surface area (TPSA) is 38.5 Å². The maximum atomic E-state index is 6.00. The summed E-state index contributed by atoms with van der Waals surface area (Å²) >= 11 is 0. The van der Waals surface area contributed by atoms with Gasteiger partial charge in [-0.05, 0) is 33.2 Å². The lowest BCUT2D eigenvalue weighted by Crippen LogP contribution is -2.47. The second kappa shape index (κ2) is 5.10. The highest BCUT2D eigenvalue weighted by Crippen LogP contribution is 2.14. The number of hydrogen-bond donors (Lipinski definition) is 1. The predicted octanol–water partition coefficient (Wildman–Crippen LogP) is 1.22. The molecule has 0 aromatic rings. The van der Waals surface area contributed by atoms with Gasteiger partial charge in [0.1, 0.15) is 0 Å². The van der Waals surface area contributed by atoms with Crippen molar-refractivity contribution in [1.29, 1.82) is 0 Å². The molecule has 14 heavy (non-hydrogen) atoms. The van der Waals surface area contributed by atoms with Crippen LogP contribution in [-0.4, -0.2) is 42.8 Å². The van der Waals surface area contributed by atoms with Crippen LogP contribution in [0, 0.1) is 0 Å². The van der Waals surface area contributed by atoms with Gasteiger partial charge in [0.05, 0.1) is 6.10 Å². The molecule has 0 amide bonds. The van der Waals surface area contributed by atoms with Crippen molar-refractivity contribution in [3.63, 3.8) is 0 Å². The minimum Gasteiger partial charge on any atom is -0.377 e. The Labute approximate surface area is 87.6 Å². The lowest BCUT2D eigenvalue weighted by molar-refractivity contribution is 0.0691. The standard InChI is InChI=1S/C11H24N2O/c1-4-13(9-11(2,3)12)8-10-6-5-7-14-10/h10H,4-9,12H2,1-3H3. The zero-order chi connectivity index (χ0) is 10.6. The fraction of sp³-hybridized carbons (Fsp3) is 1.00. The van der Waals surface area contributed by atoms with E-state index in [9.17, 15) is 0 Å². The van der Waals surface area contributed by atoms with Gasteiger partial charge in [-0.1, -0.05) is 6.92 Å². The molecule has 1 aliphatic rings. The molecule has 0 saturated carbocycles. The molecule has 1 heterocycles. The Morgan fingerprint density at radius 2 is 2.21 bits per heavy atom. The van der Waals surface area contributed by atoms with E-state index in [-0.39, 0.29) is 5.54 Å². The largest absolute Gasteiger partial charge is 0.377 e. The van der Waals surface area contributed by atoms with E-state index >= 15 is 0 Å². The summed E-state index contributed by atoms with van der Waals surface area (Å²) in [5, 5.41) is 0. The molecule has 3 heteroatoms. The molecule has 1 aliphatic heterocycles. The molecule has 1 unspecified atom stereocenters. The van der Waals surface area contributed by atoms with Gasteiger partial charge in [-0.3, -0.25) is 4.90 Å². The van der Waals surface area contributed by atoms with E-state index in [1.54, 1.807) is 0 Å². The van der Waals surface area contributed by atoms with Crippen LogP contribution in [0.4, 0.5) is 0 Å². The summed E-state index contributed by atoms with van der Waals surface area (Å²) in [6.07, 6.45) is 2.87. The molecular formula is C11H24N2O. The summed E-state index contributed by atoms with van der Waals surface area (Å²) in [7, 11) is 0. The molecule has 3 nitrogen and oxygen atoms in total. The molecule has 1 saturated heterocycles. The first-order valence-corrected chi connectivity index (χ1v) is 5.64. The SMILES string of the molecule is CCN(CC1CCCO1)CC(C)(C)N.